The summed E-state index contributed by atoms with van der Waals surface area (Å²) in [6.45, 7) is -0.267. The standard InChI is InChI=1S/C9H6ClNO4/c10-6-3-5(1-2-7(6)12)11-8(13)4-15-9(11)14/h1-3,12H,4H2. The number of aromatic hydroxyl groups is 1. The molecule has 0 bridgehead atoms. The number of phenolic OH excluding ortho intramolecular Hbond substituents is 1. The number of halogens is 1. The molecule has 1 fully saturated rings. The molecular formula is C9H6ClNO4. The van der Waals surface area contributed by atoms with Crippen LogP contribution in [-0.4, -0.2) is 23.7 Å². The second-order valence-corrected chi connectivity index (χ2v) is 3.33. The molecule has 1 N–H and O–H groups in total. The average Bonchev–Trinajstić information content (AvgIpc) is 2.52. The zero-order chi connectivity index (χ0) is 11.0. The maximum absolute atomic E-state index is 11.3. The Morgan fingerprint density at radius 1 is 1.40 bits per heavy atom. The summed E-state index contributed by atoms with van der Waals surface area (Å²) >= 11 is 5.65. The summed E-state index contributed by atoms with van der Waals surface area (Å²) in [7, 11) is 0. The minimum atomic E-state index is -0.734. The van der Waals surface area contributed by atoms with E-state index in [0.29, 0.717) is 0 Å². The highest BCUT2D eigenvalue weighted by Crippen LogP contribution is 2.29. The lowest BCUT2D eigenvalue weighted by atomic mass is 10.3. The number of carbonyl (C=O) groups excluding carboxylic acids is 2. The second-order valence-electron chi connectivity index (χ2n) is 2.92. The second kappa shape index (κ2) is 3.43. The van der Waals surface area contributed by atoms with Crippen LogP contribution in [0.1, 0.15) is 0 Å². The van der Waals surface area contributed by atoms with Crippen LogP contribution in [0.5, 0.6) is 5.75 Å². The van der Waals surface area contributed by atoms with Crippen molar-refractivity contribution in [3.05, 3.63) is 23.2 Å². The SMILES string of the molecule is O=C1COC(=O)N1c1ccc(O)c(Cl)c1. The van der Waals surface area contributed by atoms with E-state index in [1.54, 1.807) is 0 Å². The van der Waals surface area contributed by atoms with Crippen LogP contribution < -0.4 is 4.90 Å². The molecule has 78 valence electrons. The first-order chi connectivity index (χ1) is 7.09. The van der Waals surface area contributed by atoms with E-state index in [-0.39, 0.29) is 23.1 Å². The Bertz CT molecular complexity index is 430. The van der Waals surface area contributed by atoms with Gasteiger partial charge in [-0.25, -0.2) is 9.69 Å². The summed E-state index contributed by atoms with van der Waals surface area (Å²) in [6.07, 6.45) is -0.734. The molecule has 15 heavy (non-hydrogen) atoms. The van der Waals surface area contributed by atoms with Crippen LogP contribution in [0, 0.1) is 0 Å². The number of benzene rings is 1. The molecule has 6 heteroatoms. The van der Waals surface area contributed by atoms with Gasteiger partial charge in [-0.05, 0) is 18.2 Å². The quantitative estimate of drug-likeness (QED) is 0.790. The Hall–Kier alpha value is -1.75. The van der Waals surface area contributed by atoms with Gasteiger partial charge in [0.25, 0.3) is 5.91 Å². The summed E-state index contributed by atoms with van der Waals surface area (Å²) in [5.74, 6) is -0.567. The van der Waals surface area contributed by atoms with Gasteiger partial charge >= 0.3 is 6.09 Å². The molecule has 1 heterocycles. The van der Waals surface area contributed by atoms with Gasteiger partial charge in [0.05, 0.1) is 10.7 Å². The topological polar surface area (TPSA) is 66.8 Å². The molecular weight excluding hydrogens is 222 g/mol. The van der Waals surface area contributed by atoms with Gasteiger partial charge in [0.15, 0.2) is 6.61 Å². The molecule has 0 aromatic heterocycles. The van der Waals surface area contributed by atoms with E-state index >= 15 is 0 Å². The molecule has 1 aliphatic rings. The van der Waals surface area contributed by atoms with E-state index in [2.05, 4.69) is 4.74 Å². The average molecular weight is 228 g/mol. The molecule has 0 atom stereocenters. The van der Waals surface area contributed by atoms with Crippen molar-refractivity contribution in [2.45, 2.75) is 0 Å². The summed E-state index contributed by atoms with van der Waals surface area (Å²) in [5.41, 5.74) is 0.283. The van der Waals surface area contributed by atoms with E-state index in [9.17, 15) is 9.59 Å². The number of carbonyl (C=O) groups is 2. The largest absolute Gasteiger partial charge is 0.506 e. The maximum Gasteiger partial charge on any atom is 0.421 e. The first-order valence-electron chi connectivity index (χ1n) is 4.08. The van der Waals surface area contributed by atoms with Crippen molar-refractivity contribution in [1.82, 2.24) is 0 Å². The predicted octanol–water partition coefficient (Wildman–Crippen LogP) is 1.53. The van der Waals surface area contributed by atoms with Crippen LogP contribution in [0.3, 0.4) is 0 Å². The van der Waals surface area contributed by atoms with E-state index in [4.69, 9.17) is 16.7 Å². The third-order valence-corrected chi connectivity index (χ3v) is 2.24. The van der Waals surface area contributed by atoms with E-state index in [1.807, 2.05) is 0 Å². The molecule has 0 spiro atoms. The van der Waals surface area contributed by atoms with Gasteiger partial charge in [-0.15, -0.1) is 0 Å². The first-order valence-corrected chi connectivity index (χ1v) is 4.45. The molecule has 1 saturated heterocycles. The normalized spacial score (nSPS) is 15.7. The van der Waals surface area contributed by atoms with Gasteiger partial charge in [0.1, 0.15) is 5.75 Å². The summed E-state index contributed by atoms with van der Waals surface area (Å²) < 4.78 is 4.53. The lowest BCUT2D eigenvalue weighted by molar-refractivity contribution is -0.117. The zero-order valence-corrected chi connectivity index (χ0v) is 8.19. The van der Waals surface area contributed by atoms with Crippen LogP contribution in [0.25, 0.3) is 0 Å². The van der Waals surface area contributed by atoms with Gasteiger partial charge in [-0.1, -0.05) is 11.6 Å². The fourth-order valence-corrected chi connectivity index (χ4v) is 1.41. The number of hydrogen-bond acceptors (Lipinski definition) is 4. The monoisotopic (exact) mass is 227 g/mol. The molecule has 0 aliphatic carbocycles. The Morgan fingerprint density at radius 3 is 2.67 bits per heavy atom. The van der Waals surface area contributed by atoms with Crippen LogP contribution in [0.15, 0.2) is 18.2 Å². The lowest BCUT2D eigenvalue weighted by Gasteiger charge is -2.11. The molecule has 1 aromatic carbocycles. The number of cyclic esters (lactones) is 1. The minimum absolute atomic E-state index is 0.0694. The maximum atomic E-state index is 11.3. The fourth-order valence-electron chi connectivity index (χ4n) is 1.24. The highest BCUT2D eigenvalue weighted by atomic mass is 35.5. The molecule has 0 radical (unpaired) electrons. The van der Waals surface area contributed by atoms with E-state index in [0.717, 1.165) is 4.90 Å². The van der Waals surface area contributed by atoms with Crippen molar-refractivity contribution in [2.24, 2.45) is 0 Å². The van der Waals surface area contributed by atoms with Crippen molar-refractivity contribution in [3.63, 3.8) is 0 Å². The number of rotatable bonds is 1. The highest BCUT2D eigenvalue weighted by molar-refractivity contribution is 6.32. The first kappa shape index (κ1) is 9.79. The predicted molar refractivity (Wildman–Crippen MR) is 52.0 cm³/mol. The highest BCUT2D eigenvalue weighted by Gasteiger charge is 2.32. The van der Waals surface area contributed by atoms with Gasteiger partial charge < -0.3 is 9.84 Å². The number of imide groups is 1. The molecule has 1 aromatic rings. The summed E-state index contributed by atoms with van der Waals surface area (Å²) in [6, 6.07) is 4.03. The van der Waals surface area contributed by atoms with Gasteiger partial charge in [-0.3, -0.25) is 4.79 Å². The Labute approximate surface area is 89.8 Å². The zero-order valence-electron chi connectivity index (χ0n) is 7.44. The molecule has 0 unspecified atom stereocenters. The van der Waals surface area contributed by atoms with Crippen molar-refractivity contribution >= 4 is 29.3 Å². The van der Waals surface area contributed by atoms with Crippen molar-refractivity contribution in [2.75, 3.05) is 11.5 Å². The molecule has 2 rings (SSSR count). The third-order valence-electron chi connectivity index (χ3n) is 1.94. The van der Waals surface area contributed by atoms with Crippen molar-refractivity contribution < 1.29 is 19.4 Å². The van der Waals surface area contributed by atoms with Crippen molar-refractivity contribution in [3.8, 4) is 5.75 Å². The van der Waals surface area contributed by atoms with Crippen LogP contribution >= 0.6 is 11.6 Å². The Morgan fingerprint density at radius 2 is 2.13 bits per heavy atom. The molecule has 5 nitrogen and oxygen atoms in total. The number of amides is 2. The number of nitrogens with zero attached hydrogens (tertiary/aromatic N) is 1. The minimum Gasteiger partial charge on any atom is -0.506 e. The van der Waals surface area contributed by atoms with E-state index < -0.39 is 12.0 Å². The number of anilines is 1. The smallest absolute Gasteiger partial charge is 0.421 e. The number of hydrogen-bond donors (Lipinski definition) is 1. The van der Waals surface area contributed by atoms with E-state index in [1.165, 1.54) is 18.2 Å². The lowest BCUT2D eigenvalue weighted by Crippen LogP contribution is -2.28. The number of ether oxygens (including phenoxy) is 1. The Balaban J connectivity index is 2.41. The van der Waals surface area contributed by atoms with Crippen LogP contribution in [-0.2, 0) is 9.53 Å². The van der Waals surface area contributed by atoms with Crippen molar-refractivity contribution in [1.29, 1.82) is 0 Å². The molecule has 0 saturated carbocycles. The van der Waals surface area contributed by atoms with Gasteiger partial charge in [0, 0.05) is 0 Å². The fraction of sp³-hybridized carbons (Fsp3) is 0.111. The summed E-state index contributed by atoms with van der Waals surface area (Å²) in [5, 5.41) is 9.24. The summed E-state index contributed by atoms with van der Waals surface area (Å²) in [4.78, 5) is 23.3. The third kappa shape index (κ3) is 1.61. The number of phenols is 1. The molecule has 2 amide bonds. The molecule has 1 aliphatic heterocycles. The van der Waals surface area contributed by atoms with Crippen LogP contribution in [0.4, 0.5) is 10.5 Å². The van der Waals surface area contributed by atoms with Gasteiger partial charge in [0.2, 0.25) is 0 Å². The Kier molecular flexibility index (Phi) is 2.24. The van der Waals surface area contributed by atoms with Crippen LogP contribution in [0.2, 0.25) is 5.02 Å². The van der Waals surface area contributed by atoms with Gasteiger partial charge in [-0.2, -0.15) is 0 Å².